The van der Waals surface area contributed by atoms with Gasteiger partial charge in [-0.1, -0.05) is 0 Å². The first-order valence-corrected chi connectivity index (χ1v) is 4.03. The SMILES string of the molecule is O=C(O)c1cc(NC(=O)C(F)F)ccc1F. The summed E-state index contributed by atoms with van der Waals surface area (Å²) in [6, 6.07) is 2.52. The molecule has 0 spiro atoms. The zero-order valence-electron chi connectivity index (χ0n) is 7.71. The summed E-state index contributed by atoms with van der Waals surface area (Å²) in [5.41, 5.74) is -0.906. The molecule has 0 saturated heterocycles. The van der Waals surface area contributed by atoms with E-state index >= 15 is 0 Å². The van der Waals surface area contributed by atoms with Crippen molar-refractivity contribution in [1.29, 1.82) is 0 Å². The van der Waals surface area contributed by atoms with Gasteiger partial charge in [-0.3, -0.25) is 4.79 Å². The number of benzene rings is 1. The molecule has 0 radical (unpaired) electrons. The van der Waals surface area contributed by atoms with Crippen molar-refractivity contribution in [3.8, 4) is 0 Å². The Bertz CT molecular complexity index is 434. The predicted molar refractivity (Wildman–Crippen MR) is 48.0 cm³/mol. The lowest BCUT2D eigenvalue weighted by molar-refractivity contribution is -0.126. The van der Waals surface area contributed by atoms with Gasteiger partial charge in [0.15, 0.2) is 0 Å². The molecular formula is C9H6F3NO3. The number of halogens is 3. The number of carbonyl (C=O) groups is 2. The van der Waals surface area contributed by atoms with E-state index in [1.165, 1.54) is 0 Å². The largest absolute Gasteiger partial charge is 0.478 e. The highest BCUT2D eigenvalue weighted by molar-refractivity contribution is 5.95. The van der Waals surface area contributed by atoms with Crippen molar-refractivity contribution in [1.82, 2.24) is 0 Å². The van der Waals surface area contributed by atoms with E-state index in [0.29, 0.717) is 0 Å². The molecular weight excluding hydrogens is 227 g/mol. The second-order valence-corrected chi connectivity index (χ2v) is 2.79. The van der Waals surface area contributed by atoms with Crippen LogP contribution in [-0.2, 0) is 4.79 Å². The maximum atomic E-state index is 12.9. The average Bonchev–Trinajstić information content (AvgIpc) is 2.20. The molecule has 0 aromatic heterocycles. The smallest absolute Gasteiger partial charge is 0.338 e. The fraction of sp³-hybridized carbons (Fsp3) is 0.111. The fourth-order valence-electron chi connectivity index (χ4n) is 0.964. The number of rotatable bonds is 3. The molecule has 0 atom stereocenters. The summed E-state index contributed by atoms with van der Waals surface area (Å²) in [4.78, 5) is 21.1. The monoisotopic (exact) mass is 233 g/mol. The molecule has 1 amide bonds. The quantitative estimate of drug-likeness (QED) is 0.835. The van der Waals surface area contributed by atoms with Crippen LogP contribution in [-0.4, -0.2) is 23.4 Å². The second kappa shape index (κ2) is 4.65. The Kier molecular flexibility index (Phi) is 3.49. The minimum Gasteiger partial charge on any atom is -0.478 e. The number of amides is 1. The summed E-state index contributed by atoms with van der Waals surface area (Å²) in [5, 5.41) is 10.3. The van der Waals surface area contributed by atoms with E-state index in [1.807, 2.05) is 0 Å². The third-order valence-corrected chi connectivity index (χ3v) is 1.66. The van der Waals surface area contributed by atoms with E-state index in [4.69, 9.17) is 5.11 Å². The Balaban J connectivity index is 2.95. The number of alkyl halides is 2. The molecule has 16 heavy (non-hydrogen) atoms. The maximum absolute atomic E-state index is 12.9. The lowest BCUT2D eigenvalue weighted by atomic mass is 10.2. The topological polar surface area (TPSA) is 66.4 Å². The van der Waals surface area contributed by atoms with Crippen molar-refractivity contribution in [3.05, 3.63) is 29.6 Å². The molecule has 1 rings (SSSR count). The van der Waals surface area contributed by atoms with Crippen molar-refractivity contribution >= 4 is 17.6 Å². The van der Waals surface area contributed by atoms with Gasteiger partial charge in [0, 0.05) is 5.69 Å². The molecule has 86 valence electrons. The Labute approximate surface area is 87.7 Å². The van der Waals surface area contributed by atoms with Crippen LogP contribution < -0.4 is 5.32 Å². The summed E-state index contributed by atoms with van der Waals surface area (Å²) in [6.45, 7) is 0. The summed E-state index contributed by atoms with van der Waals surface area (Å²) in [7, 11) is 0. The Morgan fingerprint density at radius 3 is 2.44 bits per heavy atom. The molecule has 2 N–H and O–H groups in total. The number of carbonyl (C=O) groups excluding carboxylic acids is 1. The van der Waals surface area contributed by atoms with Gasteiger partial charge < -0.3 is 10.4 Å². The van der Waals surface area contributed by atoms with Crippen LogP contribution >= 0.6 is 0 Å². The summed E-state index contributed by atoms with van der Waals surface area (Å²) in [5.74, 6) is -4.14. The molecule has 0 saturated carbocycles. The van der Waals surface area contributed by atoms with E-state index in [1.54, 1.807) is 5.32 Å². The van der Waals surface area contributed by atoms with E-state index in [2.05, 4.69) is 0 Å². The molecule has 0 bridgehead atoms. The third-order valence-electron chi connectivity index (χ3n) is 1.66. The van der Waals surface area contributed by atoms with Gasteiger partial charge in [-0.05, 0) is 18.2 Å². The number of hydrogen-bond donors (Lipinski definition) is 2. The van der Waals surface area contributed by atoms with Crippen LogP contribution in [0, 0.1) is 5.82 Å². The highest BCUT2D eigenvalue weighted by Gasteiger charge is 2.17. The van der Waals surface area contributed by atoms with Crippen LogP contribution in [0.3, 0.4) is 0 Å². The second-order valence-electron chi connectivity index (χ2n) is 2.79. The normalized spacial score (nSPS) is 10.2. The van der Waals surface area contributed by atoms with Crippen LogP contribution in [0.15, 0.2) is 18.2 Å². The highest BCUT2D eigenvalue weighted by atomic mass is 19.3. The first-order valence-electron chi connectivity index (χ1n) is 4.03. The molecule has 0 aliphatic rings. The van der Waals surface area contributed by atoms with Crippen LogP contribution in [0.1, 0.15) is 10.4 Å². The van der Waals surface area contributed by atoms with E-state index in [9.17, 15) is 22.8 Å². The first-order chi connectivity index (χ1) is 7.41. The van der Waals surface area contributed by atoms with Crippen LogP contribution in [0.4, 0.5) is 18.9 Å². The Morgan fingerprint density at radius 1 is 1.31 bits per heavy atom. The summed E-state index contributed by atoms with van der Waals surface area (Å²) in [6.07, 6.45) is -3.22. The molecule has 1 aromatic rings. The maximum Gasteiger partial charge on any atom is 0.338 e. The molecule has 7 heteroatoms. The standard InChI is InChI=1S/C9H6F3NO3/c10-6-2-1-4(3-5(6)9(15)16)13-8(14)7(11)12/h1-3,7H,(H,13,14)(H,15,16). The molecule has 0 fully saturated rings. The first kappa shape index (κ1) is 12.0. The van der Waals surface area contributed by atoms with Crippen molar-refractivity contribution in [2.24, 2.45) is 0 Å². The lowest BCUT2D eigenvalue weighted by Gasteiger charge is -2.05. The molecule has 0 aliphatic heterocycles. The van der Waals surface area contributed by atoms with Crippen molar-refractivity contribution in [2.45, 2.75) is 6.43 Å². The third kappa shape index (κ3) is 2.72. The average molecular weight is 233 g/mol. The number of carboxylic acids is 1. The summed E-state index contributed by atoms with van der Waals surface area (Å²) < 4.78 is 36.6. The molecule has 0 aliphatic carbocycles. The van der Waals surface area contributed by atoms with Crippen LogP contribution in [0.2, 0.25) is 0 Å². The van der Waals surface area contributed by atoms with E-state index in [-0.39, 0.29) is 5.69 Å². The zero-order chi connectivity index (χ0) is 12.3. The molecule has 4 nitrogen and oxygen atoms in total. The molecule has 0 unspecified atom stereocenters. The lowest BCUT2D eigenvalue weighted by Crippen LogP contribution is -2.20. The van der Waals surface area contributed by atoms with Gasteiger partial charge in [0.25, 0.3) is 5.91 Å². The molecule has 0 heterocycles. The minimum absolute atomic E-state index is 0.205. The van der Waals surface area contributed by atoms with Gasteiger partial charge in [0.1, 0.15) is 5.82 Å². The van der Waals surface area contributed by atoms with Gasteiger partial charge in [-0.2, -0.15) is 8.78 Å². The van der Waals surface area contributed by atoms with Crippen molar-refractivity contribution < 1.29 is 27.9 Å². The van der Waals surface area contributed by atoms with Gasteiger partial charge in [0.05, 0.1) is 5.56 Å². The van der Waals surface area contributed by atoms with Gasteiger partial charge >= 0.3 is 12.4 Å². The zero-order valence-corrected chi connectivity index (χ0v) is 7.71. The van der Waals surface area contributed by atoms with Gasteiger partial charge in [0.2, 0.25) is 0 Å². The van der Waals surface area contributed by atoms with Crippen LogP contribution in [0.25, 0.3) is 0 Å². The Morgan fingerprint density at radius 2 is 1.94 bits per heavy atom. The van der Waals surface area contributed by atoms with E-state index in [0.717, 1.165) is 18.2 Å². The predicted octanol–water partition coefficient (Wildman–Crippen LogP) is 1.73. The van der Waals surface area contributed by atoms with Gasteiger partial charge in [-0.25, -0.2) is 9.18 Å². The summed E-state index contributed by atoms with van der Waals surface area (Å²) >= 11 is 0. The van der Waals surface area contributed by atoms with Crippen molar-refractivity contribution in [2.75, 3.05) is 5.32 Å². The fourth-order valence-corrected chi connectivity index (χ4v) is 0.964. The number of anilines is 1. The minimum atomic E-state index is -3.22. The number of nitrogens with one attached hydrogen (secondary N) is 1. The number of carboxylic acid groups (broad SMARTS) is 1. The van der Waals surface area contributed by atoms with Crippen LogP contribution in [0.5, 0.6) is 0 Å². The molecule has 1 aromatic carbocycles. The number of aromatic carboxylic acids is 1. The highest BCUT2D eigenvalue weighted by Crippen LogP contribution is 2.15. The number of hydrogen-bond acceptors (Lipinski definition) is 2. The van der Waals surface area contributed by atoms with E-state index < -0.39 is 29.7 Å². The van der Waals surface area contributed by atoms with Gasteiger partial charge in [-0.15, -0.1) is 0 Å². The Hall–Kier alpha value is -2.05. The van der Waals surface area contributed by atoms with Crippen molar-refractivity contribution in [3.63, 3.8) is 0 Å².